The topological polar surface area (TPSA) is 59.1 Å². The molecule has 2 rings (SSSR count). The number of hydrogen-bond acceptors (Lipinski definition) is 5. The molecular formula is C15H26N4O. The summed E-state index contributed by atoms with van der Waals surface area (Å²) in [6.07, 6.45) is 6.20. The van der Waals surface area contributed by atoms with Gasteiger partial charge < -0.3 is 15.4 Å². The maximum Gasteiger partial charge on any atom is 0.135 e. The molecule has 1 aliphatic heterocycles. The van der Waals surface area contributed by atoms with Crippen LogP contribution < -0.4 is 10.6 Å². The van der Waals surface area contributed by atoms with Crippen molar-refractivity contribution in [2.75, 3.05) is 23.8 Å². The van der Waals surface area contributed by atoms with Crippen LogP contribution in [0.15, 0.2) is 6.33 Å². The summed E-state index contributed by atoms with van der Waals surface area (Å²) < 4.78 is 5.73. The quantitative estimate of drug-likeness (QED) is 0.803. The van der Waals surface area contributed by atoms with Crippen molar-refractivity contribution in [1.29, 1.82) is 0 Å². The molecule has 2 atom stereocenters. The van der Waals surface area contributed by atoms with Gasteiger partial charge in [0.05, 0.1) is 12.1 Å². The minimum atomic E-state index is 0.275. The molecule has 2 heterocycles. The summed E-state index contributed by atoms with van der Waals surface area (Å²) in [6.45, 7) is 8.27. The lowest BCUT2D eigenvalue weighted by atomic mass is 10.1. The van der Waals surface area contributed by atoms with Crippen molar-refractivity contribution < 1.29 is 4.74 Å². The highest BCUT2D eigenvalue weighted by Crippen LogP contribution is 2.24. The maximum absolute atomic E-state index is 5.73. The number of nitrogens with one attached hydrogen (secondary N) is 2. The van der Waals surface area contributed by atoms with E-state index in [1.165, 1.54) is 0 Å². The average molecular weight is 278 g/mol. The van der Waals surface area contributed by atoms with Crippen LogP contribution >= 0.6 is 0 Å². The molecule has 0 amide bonds. The van der Waals surface area contributed by atoms with Gasteiger partial charge in [-0.1, -0.05) is 13.8 Å². The van der Waals surface area contributed by atoms with E-state index < -0.39 is 0 Å². The van der Waals surface area contributed by atoms with Crippen molar-refractivity contribution in [3.63, 3.8) is 0 Å². The van der Waals surface area contributed by atoms with Crippen LogP contribution in [0.3, 0.4) is 0 Å². The van der Waals surface area contributed by atoms with E-state index in [0.29, 0.717) is 6.10 Å². The summed E-state index contributed by atoms with van der Waals surface area (Å²) in [7, 11) is 0. The molecule has 112 valence electrons. The summed E-state index contributed by atoms with van der Waals surface area (Å²) >= 11 is 0. The smallest absolute Gasteiger partial charge is 0.135 e. The van der Waals surface area contributed by atoms with Crippen LogP contribution in [0.2, 0.25) is 0 Å². The second-order valence-electron chi connectivity index (χ2n) is 5.31. The highest BCUT2D eigenvalue weighted by atomic mass is 16.5. The molecule has 1 aliphatic rings. The number of rotatable bonds is 7. The Morgan fingerprint density at radius 1 is 1.35 bits per heavy atom. The van der Waals surface area contributed by atoms with Crippen LogP contribution in [-0.4, -0.2) is 35.3 Å². The average Bonchev–Trinajstić information content (AvgIpc) is 2.99. The molecule has 1 fully saturated rings. The first-order chi connectivity index (χ1) is 9.76. The Kier molecular flexibility index (Phi) is 5.59. The summed E-state index contributed by atoms with van der Waals surface area (Å²) in [5.74, 6) is 1.88. The number of aromatic nitrogens is 2. The highest BCUT2D eigenvalue weighted by Gasteiger charge is 2.23. The Morgan fingerprint density at radius 3 is 2.80 bits per heavy atom. The second kappa shape index (κ2) is 7.43. The van der Waals surface area contributed by atoms with E-state index >= 15 is 0 Å². The zero-order chi connectivity index (χ0) is 14.4. The van der Waals surface area contributed by atoms with E-state index in [1.54, 1.807) is 6.33 Å². The monoisotopic (exact) mass is 278 g/mol. The first-order valence-electron chi connectivity index (χ1n) is 7.72. The largest absolute Gasteiger partial charge is 0.376 e. The van der Waals surface area contributed by atoms with Crippen LogP contribution in [0, 0.1) is 0 Å². The van der Waals surface area contributed by atoms with Crippen molar-refractivity contribution in [3.8, 4) is 0 Å². The minimum Gasteiger partial charge on any atom is -0.376 e. The van der Waals surface area contributed by atoms with Gasteiger partial charge in [-0.2, -0.15) is 0 Å². The lowest BCUT2D eigenvalue weighted by molar-refractivity contribution is 0.0995. The van der Waals surface area contributed by atoms with Crippen molar-refractivity contribution >= 4 is 11.6 Å². The van der Waals surface area contributed by atoms with E-state index in [2.05, 4.69) is 41.4 Å². The Hall–Kier alpha value is -1.36. The van der Waals surface area contributed by atoms with Crippen molar-refractivity contribution in [3.05, 3.63) is 11.9 Å². The Morgan fingerprint density at radius 2 is 2.15 bits per heavy atom. The van der Waals surface area contributed by atoms with Gasteiger partial charge in [0.15, 0.2) is 0 Å². The van der Waals surface area contributed by atoms with Crippen LogP contribution in [0.5, 0.6) is 0 Å². The molecule has 5 nitrogen and oxygen atoms in total. The Labute approximate surface area is 121 Å². The molecule has 0 bridgehead atoms. The number of nitrogens with zero attached hydrogens (tertiary/aromatic N) is 2. The molecule has 1 saturated heterocycles. The predicted octanol–water partition coefficient (Wildman–Crippen LogP) is 2.84. The molecule has 0 aromatic carbocycles. The first kappa shape index (κ1) is 15.0. The van der Waals surface area contributed by atoms with Crippen molar-refractivity contribution in [2.45, 2.75) is 58.6 Å². The van der Waals surface area contributed by atoms with E-state index in [-0.39, 0.29) is 6.04 Å². The minimum absolute atomic E-state index is 0.275. The van der Waals surface area contributed by atoms with Crippen LogP contribution in [-0.2, 0) is 11.2 Å². The third-order valence-corrected chi connectivity index (χ3v) is 3.73. The third-order valence-electron chi connectivity index (χ3n) is 3.73. The molecule has 0 aliphatic carbocycles. The molecule has 0 radical (unpaired) electrons. The fraction of sp³-hybridized carbons (Fsp3) is 0.733. The normalized spacial score (nSPS) is 19.9. The summed E-state index contributed by atoms with van der Waals surface area (Å²) in [6, 6.07) is 0.275. The van der Waals surface area contributed by atoms with E-state index in [9.17, 15) is 0 Å². The van der Waals surface area contributed by atoms with Gasteiger partial charge in [0.25, 0.3) is 0 Å². The van der Waals surface area contributed by atoms with Crippen molar-refractivity contribution in [2.24, 2.45) is 0 Å². The summed E-state index contributed by atoms with van der Waals surface area (Å²) in [5, 5.41) is 6.88. The van der Waals surface area contributed by atoms with Gasteiger partial charge in [-0.15, -0.1) is 0 Å². The molecule has 2 N–H and O–H groups in total. The van der Waals surface area contributed by atoms with Crippen LogP contribution in [0.25, 0.3) is 0 Å². The number of ether oxygens (including phenoxy) is 1. The van der Waals surface area contributed by atoms with E-state index in [1.807, 2.05) is 0 Å². The zero-order valence-electron chi connectivity index (χ0n) is 12.8. The number of anilines is 2. The fourth-order valence-corrected chi connectivity index (χ4v) is 2.57. The fourth-order valence-electron chi connectivity index (χ4n) is 2.57. The summed E-state index contributed by atoms with van der Waals surface area (Å²) in [5.41, 5.74) is 1.16. The van der Waals surface area contributed by atoms with Gasteiger partial charge in [0.2, 0.25) is 0 Å². The van der Waals surface area contributed by atoms with Crippen molar-refractivity contribution in [1.82, 2.24) is 9.97 Å². The molecule has 2 unspecified atom stereocenters. The lowest BCUT2D eigenvalue weighted by Crippen LogP contribution is -2.31. The van der Waals surface area contributed by atoms with E-state index in [4.69, 9.17) is 4.74 Å². The van der Waals surface area contributed by atoms with Gasteiger partial charge in [-0.25, -0.2) is 9.97 Å². The van der Waals surface area contributed by atoms with Crippen LogP contribution in [0.4, 0.5) is 11.6 Å². The summed E-state index contributed by atoms with van der Waals surface area (Å²) in [4.78, 5) is 8.77. The van der Waals surface area contributed by atoms with E-state index in [0.717, 1.165) is 56.0 Å². The molecule has 1 aromatic heterocycles. The Bertz CT molecular complexity index is 418. The second-order valence-corrected chi connectivity index (χ2v) is 5.31. The van der Waals surface area contributed by atoms with Crippen LogP contribution in [0.1, 0.15) is 45.6 Å². The SMILES string of the molecule is CCCNc1ncnc(NC(C)C2CCCO2)c1CC. The Balaban J connectivity index is 2.09. The zero-order valence-corrected chi connectivity index (χ0v) is 12.8. The number of hydrogen-bond donors (Lipinski definition) is 2. The molecule has 1 aromatic rings. The van der Waals surface area contributed by atoms with Gasteiger partial charge >= 0.3 is 0 Å². The van der Waals surface area contributed by atoms with Gasteiger partial charge in [0, 0.05) is 18.7 Å². The predicted molar refractivity (Wildman–Crippen MR) is 82.2 cm³/mol. The van der Waals surface area contributed by atoms with Gasteiger partial charge in [-0.3, -0.25) is 0 Å². The molecule has 20 heavy (non-hydrogen) atoms. The lowest BCUT2D eigenvalue weighted by Gasteiger charge is -2.22. The third kappa shape index (κ3) is 3.60. The highest BCUT2D eigenvalue weighted by molar-refractivity contribution is 5.57. The standard InChI is InChI=1S/C15H26N4O/c1-4-8-16-14-12(5-2)15(18-10-17-14)19-11(3)13-7-6-9-20-13/h10-11,13H,4-9H2,1-3H3,(H2,16,17,18,19). The molecule has 0 saturated carbocycles. The maximum atomic E-state index is 5.73. The van der Waals surface area contributed by atoms with Gasteiger partial charge in [0.1, 0.15) is 18.0 Å². The first-order valence-corrected chi connectivity index (χ1v) is 7.72. The molecule has 5 heteroatoms. The molecular weight excluding hydrogens is 252 g/mol. The molecule has 0 spiro atoms. The van der Waals surface area contributed by atoms with Gasteiger partial charge in [-0.05, 0) is 32.6 Å².